The molecule has 5 rings (SSSR count). The fourth-order valence-corrected chi connectivity index (χ4v) is 3.80. The lowest BCUT2D eigenvalue weighted by Crippen LogP contribution is -2.35. The zero-order valence-electron chi connectivity index (χ0n) is 15.4. The van der Waals surface area contributed by atoms with Crippen LogP contribution in [-0.2, 0) is 0 Å². The van der Waals surface area contributed by atoms with Crippen molar-refractivity contribution in [3.63, 3.8) is 0 Å². The van der Waals surface area contributed by atoms with Gasteiger partial charge in [-0.2, -0.15) is 0 Å². The number of aromatic amines is 1. The molecule has 144 valence electrons. The number of carbonyl (C=O) groups is 1. The van der Waals surface area contributed by atoms with Crippen molar-refractivity contribution in [3.8, 4) is 17.2 Å². The lowest BCUT2D eigenvalue weighted by Gasteiger charge is -2.24. The fraction of sp³-hybridized carbons (Fsp3) is 0.300. The van der Waals surface area contributed by atoms with Gasteiger partial charge in [0, 0.05) is 18.7 Å². The van der Waals surface area contributed by atoms with Gasteiger partial charge in [0.05, 0.1) is 29.9 Å². The Hall–Kier alpha value is -3.42. The van der Waals surface area contributed by atoms with Gasteiger partial charge in [0.25, 0.3) is 0 Å². The van der Waals surface area contributed by atoms with Crippen molar-refractivity contribution in [2.24, 2.45) is 0 Å². The van der Waals surface area contributed by atoms with Crippen LogP contribution in [-0.4, -0.2) is 41.3 Å². The Bertz CT molecular complexity index is 1010. The number of carbonyl (C=O) groups excluding carboxylic acids is 1. The molecule has 3 aromatic rings. The van der Waals surface area contributed by atoms with E-state index in [1.165, 1.54) is 0 Å². The maximum absolute atomic E-state index is 13.0. The number of ether oxygens (including phenoxy) is 3. The van der Waals surface area contributed by atoms with E-state index in [1.807, 2.05) is 29.2 Å². The third-order valence-corrected chi connectivity index (χ3v) is 5.17. The number of H-pyrrole nitrogens is 1. The van der Waals surface area contributed by atoms with Crippen molar-refractivity contribution >= 4 is 22.8 Å². The van der Waals surface area contributed by atoms with Gasteiger partial charge in [0.1, 0.15) is 11.6 Å². The highest BCUT2D eigenvalue weighted by Gasteiger charge is 2.33. The Morgan fingerprint density at radius 3 is 2.93 bits per heavy atom. The minimum Gasteiger partial charge on any atom is -0.494 e. The Kier molecular flexibility index (Phi) is 3.96. The SMILES string of the molecule is COc1cc2c(cc1NC(=O)N1CCC[C@@H]1c1nc3ccccc3[nH]1)OCO2. The van der Waals surface area contributed by atoms with E-state index in [0.717, 1.165) is 29.7 Å². The molecule has 2 aliphatic rings. The molecule has 0 radical (unpaired) electrons. The van der Waals surface area contributed by atoms with Crippen LogP contribution in [0.5, 0.6) is 17.2 Å². The Labute approximate surface area is 161 Å². The summed E-state index contributed by atoms with van der Waals surface area (Å²) < 4.78 is 16.2. The fourth-order valence-electron chi connectivity index (χ4n) is 3.80. The summed E-state index contributed by atoms with van der Waals surface area (Å²) in [4.78, 5) is 22.9. The molecular formula is C20H20N4O4. The van der Waals surface area contributed by atoms with E-state index in [2.05, 4.69) is 15.3 Å². The minimum absolute atomic E-state index is 0.0904. The van der Waals surface area contributed by atoms with Gasteiger partial charge in [-0.25, -0.2) is 9.78 Å². The molecule has 0 bridgehead atoms. The van der Waals surface area contributed by atoms with Gasteiger partial charge < -0.3 is 29.4 Å². The van der Waals surface area contributed by atoms with Crippen LogP contribution in [0.15, 0.2) is 36.4 Å². The quantitative estimate of drug-likeness (QED) is 0.724. The normalized spacial score (nSPS) is 17.9. The molecule has 8 heteroatoms. The molecule has 2 N–H and O–H groups in total. The number of urea groups is 1. The van der Waals surface area contributed by atoms with E-state index in [9.17, 15) is 4.79 Å². The van der Waals surface area contributed by atoms with E-state index in [0.29, 0.717) is 29.5 Å². The third kappa shape index (κ3) is 2.77. The number of imidazole rings is 1. The van der Waals surface area contributed by atoms with Gasteiger partial charge in [-0.05, 0) is 25.0 Å². The Balaban J connectivity index is 1.40. The lowest BCUT2D eigenvalue weighted by molar-refractivity contribution is 0.174. The molecule has 0 aliphatic carbocycles. The summed E-state index contributed by atoms with van der Waals surface area (Å²) in [5.74, 6) is 2.53. The van der Waals surface area contributed by atoms with Gasteiger partial charge in [0.2, 0.25) is 6.79 Å². The number of nitrogens with zero attached hydrogens (tertiary/aromatic N) is 2. The predicted molar refractivity (Wildman–Crippen MR) is 103 cm³/mol. The number of hydrogen-bond acceptors (Lipinski definition) is 5. The van der Waals surface area contributed by atoms with Crippen molar-refractivity contribution < 1.29 is 19.0 Å². The van der Waals surface area contributed by atoms with Gasteiger partial charge >= 0.3 is 6.03 Å². The molecule has 2 amide bonds. The number of amides is 2. The van der Waals surface area contributed by atoms with Crippen LogP contribution < -0.4 is 19.5 Å². The van der Waals surface area contributed by atoms with Crippen LogP contribution in [0.1, 0.15) is 24.7 Å². The summed E-state index contributed by atoms with van der Waals surface area (Å²) in [5, 5.41) is 2.95. The molecule has 2 aliphatic heterocycles. The highest BCUT2D eigenvalue weighted by molar-refractivity contribution is 5.92. The van der Waals surface area contributed by atoms with Gasteiger partial charge in [-0.3, -0.25) is 0 Å². The van der Waals surface area contributed by atoms with Crippen molar-refractivity contribution in [1.29, 1.82) is 0 Å². The maximum Gasteiger partial charge on any atom is 0.322 e. The monoisotopic (exact) mass is 380 g/mol. The first kappa shape index (κ1) is 16.7. The molecular weight excluding hydrogens is 360 g/mol. The second kappa shape index (κ2) is 6.63. The molecule has 0 spiro atoms. The number of benzene rings is 2. The van der Waals surface area contributed by atoms with E-state index in [-0.39, 0.29) is 18.9 Å². The maximum atomic E-state index is 13.0. The molecule has 8 nitrogen and oxygen atoms in total. The van der Waals surface area contributed by atoms with E-state index < -0.39 is 0 Å². The number of aromatic nitrogens is 2. The van der Waals surface area contributed by atoms with Crippen molar-refractivity contribution in [3.05, 3.63) is 42.2 Å². The molecule has 0 saturated carbocycles. The number of para-hydroxylation sites is 2. The third-order valence-electron chi connectivity index (χ3n) is 5.17. The number of fused-ring (bicyclic) bond motifs is 2. The van der Waals surface area contributed by atoms with Crippen molar-refractivity contribution in [2.45, 2.75) is 18.9 Å². The van der Waals surface area contributed by atoms with E-state index in [1.54, 1.807) is 19.2 Å². The second-order valence-corrected chi connectivity index (χ2v) is 6.83. The first-order valence-corrected chi connectivity index (χ1v) is 9.23. The number of hydrogen-bond donors (Lipinski definition) is 2. The highest BCUT2D eigenvalue weighted by atomic mass is 16.7. The Morgan fingerprint density at radius 1 is 1.29 bits per heavy atom. The smallest absolute Gasteiger partial charge is 0.322 e. The summed E-state index contributed by atoms with van der Waals surface area (Å²) in [6, 6.07) is 11.0. The van der Waals surface area contributed by atoms with Crippen LogP contribution in [0.3, 0.4) is 0 Å². The van der Waals surface area contributed by atoms with Crippen LogP contribution in [0, 0.1) is 0 Å². The van der Waals surface area contributed by atoms with Crippen LogP contribution in [0.25, 0.3) is 11.0 Å². The van der Waals surface area contributed by atoms with E-state index in [4.69, 9.17) is 14.2 Å². The summed E-state index contributed by atoms with van der Waals surface area (Å²) in [6.45, 7) is 0.830. The van der Waals surface area contributed by atoms with E-state index >= 15 is 0 Å². The zero-order valence-corrected chi connectivity index (χ0v) is 15.4. The zero-order chi connectivity index (χ0) is 19.1. The van der Waals surface area contributed by atoms with Gasteiger partial charge in [0.15, 0.2) is 11.5 Å². The standard InChI is InChI=1S/C20H20N4O4/c1-26-16-10-18-17(27-11-28-18)9-14(16)23-20(25)24-8-4-7-15(24)19-21-12-5-2-3-6-13(12)22-19/h2-3,5-6,9-10,15H,4,7-8,11H2,1H3,(H,21,22)(H,23,25)/t15-/m1/s1. The van der Waals surface area contributed by atoms with Crippen molar-refractivity contribution in [2.75, 3.05) is 25.8 Å². The largest absolute Gasteiger partial charge is 0.494 e. The lowest BCUT2D eigenvalue weighted by atomic mass is 10.2. The average molecular weight is 380 g/mol. The second-order valence-electron chi connectivity index (χ2n) is 6.83. The molecule has 1 aromatic heterocycles. The number of likely N-dealkylation sites (tertiary alicyclic amines) is 1. The van der Waals surface area contributed by atoms with Crippen LogP contribution in [0.4, 0.5) is 10.5 Å². The van der Waals surface area contributed by atoms with Crippen LogP contribution >= 0.6 is 0 Å². The summed E-state index contributed by atoms with van der Waals surface area (Å²) in [7, 11) is 1.56. The molecule has 1 saturated heterocycles. The van der Waals surface area contributed by atoms with Crippen molar-refractivity contribution in [1.82, 2.24) is 14.9 Å². The predicted octanol–water partition coefficient (Wildman–Crippen LogP) is 3.67. The number of anilines is 1. The Morgan fingerprint density at radius 2 is 2.11 bits per heavy atom. The molecule has 2 aromatic carbocycles. The van der Waals surface area contributed by atoms with Crippen LogP contribution in [0.2, 0.25) is 0 Å². The number of rotatable bonds is 3. The minimum atomic E-state index is -0.194. The number of nitrogens with one attached hydrogen (secondary N) is 2. The molecule has 1 atom stereocenters. The first-order valence-electron chi connectivity index (χ1n) is 9.23. The molecule has 1 fully saturated rings. The van der Waals surface area contributed by atoms with Gasteiger partial charge in [-0.1, -0.05) is 12.1 Å². The summed E-state index contributed by atoms with van der Waals surface area (Å²) in [6.07, 6.45) is 1.79. The average Bonchev–Trinajstić information content (AvgIpc) is 3.44. The first-order chi connectivity index (χ1) is 13.7. The topological polar surface area (TPSA) is 88.7 Å². The molecule has 0 unspecified atom stereocenters. The van der Waals surface area contributed by atoms with Gasteiger partial charge in [-0.15, -0.1) is 0 Å². The summed E-state index contributed by atoms with van der Waals surface area (Å²) >= 11 is 0. The molecule has 3 heterocycles. The number of methoxy groups -OCH3 is 1. The molecule has 28 heavy (non-hydrogen) atoms. The summed E-state index contributed by atoms with van der Waals surface area (Å²) in [5.41, 5.74) is 2.43. The highest BCUT2D eigenvalue weighted by Crippen LogP contribution is 2.41.